The van der Waals surface area contributed by atoms with E-state index in [1.807, 2.05) is 48.0 Å². The highest BCUT2D eigenvalue weighted by Gasteiger charge is 2.10. The lowest BCUT2D eigenvalue weighted by Crippen LogP contribution is -2.32. The van der Waals surface area contributed by atoms with Gasteiger partial charge in [0.05, 0.1) is 6.10 Å². The van der Waals surface area contributed by atoms with E-state index in [2.05, 4.69) is 5.32 Å². The van der Waals surface area contributed by atoms with Crippen molar-refractivity contribution in [2.45, 2.75) is 13.0 Å². The molecular formula is C15H17NO3S. The van der Waals surface area contributed by atoms with E-state index in [-0.39, 0.29) is 19.1 Å². The van der Waals surface area contributed by atoms with Crippen molar-refractivity contribution in [1.29, 1.82) is 0 Å². The number of aryl methyl sites for hydroxylation is 1. The van der Waals surface area contributed by atoms with Crippen LogP contribution in [-0.2, 0) is 4.79 Å². The van der Waals surface area contributed by atoms with Crippen LogP contribution in [-0.4, -0.2) is 24.2 Å². The summed E-state index contributed by atoms with van der Waals surface area (Å²) < 4.78 is 5.43. The van der Waals surface area contributed by atoms with Crippen molar-refractivity contribution >= 4 is 17.2 Å². The van der Waals surface area contributed by atoms with Crippen molar-refractivity contribution in [1.82, 2.24) is 5.32 Å². The molecule has 1 atom stereocenters. The molecular weight excluding hydrogens is 274 g/mol. The van der Waals surface area contributed by atoms with Gasteiger partial charge in [-0.2, -0.15) is 11.3 Å². The van der Waals surface area contributed by atoms with Crippen LogP contribution in [0, 0.1) is 6.92 Å². The Morgan fingerprint density at radius 3 is 2.90 bits per heavy atom. The number of hydrogen-bond acceptors (Lipinski definition) is 4. The number of carbonyl (C=O) groups excluding carboxylic acids is 1. The Bertz CT molecular complexity index is 554. The van der Waals surface area contributed by atoms with E-state index < -0.39 is 6.10 Å². The summed E-state index contributed by atoms with van der Waals surface area (Å²) in [6.45, 7) is 2.06. The Morgan fingerprint density at radius 1 is 1.40 bits per heavy atom. The molecule has 0 fully saturated rings. The Hall–Kier alpha value is -1.85. The Morgan fingerprint density at radius 2 is 2.20 bits per heavy atom. The molecule has 2 aromatic rings. The number of para-hydroxylation sites is 1. The average Bonchev–Trinajstić information content (AvgIpc) is 2.98. The highest BCUT2D eigenvalue weighted by atomic mass is 32.1. The number of thiophene rings is 1. The largest absolute Gasteiger partial charge is 0.484 e. The lowest BCUT2D eigenvalue weighted by atomic mass is 10.2. The molecule has 0 saturated carbocycles. The first kappa shape index (κ1) is 14.6. The quantitative estimate of drug-likeness (QED) is 0.858. The van der Waals surface area contributed by atoms with Crippen molar-refractivity contribution in [2.24, 2.45) is 0 Å². The molecule has 0 aliphatic heterocycles. The fourth-order valence-electron chi connectivity index (χ4n) is 1.71. The molecule has 0 unspecified atom stereocenters. The number of rotatable bonds is 6. The van der Waals surface area contributed by atoms with Crippen LogP contribution in [0.4, 0.5) is 0 Å². The zero-order valence-electron chi connectivity index (χ0n) is 11.2. The molecule has 0 bridgehead atoms. The molecule has 4 nitrogen and oxygen atoms in total. The van der Waals surface area contributed by atoms with Gasteiger partial charge in [-0.05, 0) is 40.9 Å². The molecule has 0 aliphatic rings. The third kappa shape index (κ3) is 4.08. The van der Waals surface area contributed by atoms with Crippen LogP contribution in [0.1, 0.15) is 17.2 Å². The SMILES string of the molecule is Cc1ccccc1OCC(=O)NC[C@@H](O)c1ccsc1. The topological polar surface area (TPSA) is 58.6 Å². The van der Waals surface area contributed by atoms with Crippen molar-refractivity contribution in [3.63, 3.8) is 0 Å². The zero-order chi connectivity index (χ0) is 14.4. The zero-order valence-corrected chi connectivity index (χ0v) is 12.0. The van der Waals surface area contributed by atoms with Gasteiger partial charge in [-0.1, -0.05) is 18.2 Å². The summed E-state index contributed by atoms with van der Waals surface area (Å²) in [4.78, 5) is 11.7. The highest BCUT2D eigenvalue weighted by Crippen LogP contribution is 2.16. The van der Waals surface area contributed by atoms with Crippen molar-refractivity contribution in [3.8, 4) is 5.75 Å². The number of amides is 1. The minimum atomic E-state index is -0.677. The lowest BCUT2D eigenvalue weighted by Gasteiger charge is -2.12. The summed E-state index contributed by atoms with van der Waals surface area (Å²) in [5.41, 5.74) is 1.80. The molecule has 0 saturated heterocycles. The summed E-state index contributed by atoms with van der Waals surface area (Å²) in [6.07, 6.45) is -0.677. The smallest absolute Gasteiger partial charge is 0.258 e. The van der Waals surface area contributed by atoms with Gasteiger partial charge in [0, 0.05) is 6.54 Å². The van der Waals surface area contributed by atoms with Gasteiger partial charge in [0.25, 0.3) is 5.91 Å². The van der Waals surface area contributed by atoms with E-state index in [0.717, 1.165) is 11.1 Å². The van der Waals surface area contributed by atoms with E-state index >= 15 is 0 Å². The second-order valence-corrected chi connectivity index (χ2v) is 5.21. The van der Waals surface area contributed by atoms with Gasteiger partial charge in [0.15, 0.2) is 6.61 Å². The molecule has 0 radical (unpaired) electrons. The fourth-order valence-corrected chi connectivity index (χ4v) is 2.41. The summed E-state index contributed by atoms with van der Waals surface area (Å²) in [5.74, 6) is 0.448. The predicted molar refractivity (Wildman–Crippen MR) is 79.0 cm³/mol. The molecule has 1 aromatic heterocycles. The molecule has 1 heterocycles. The number of aliphatic hydroxyl groups excluding tert-OH is 1. The molecule has 5 heteroatoms. The van der Waals surface area contributed by atoms with Crippen molar-refractivity contribution < 1.29 is 14.6 Å². The van der Waals surface area contributed by atoms with Gasteiger partial charge < -0.3 is 15.2 Å². The standard InChI is InChI=1S/C15H17NO3S/c1-11-4-2-3-5-14(11)19-9-15(18)16-8-13(17)12-6-7-20-10-12/h2-7,10,13,17H,8-9H2,1H3,(H,16,18)/t13-/m1/s1. The van der Waals surface area contributed by atoms with Gasteiger partial charge in [-0.25, -0.2) is 0 Å². The van der Waals surface area contributed by atoms with E-state index in [9.17, 15) is 9.90 Å². The van der Waals surface area contributed by atoms with Gasteiger partial charge >= 0.3 is 0 Å². The second kappa shape index (κ2) is 7.07. The second-order valence-electron chi connectivity index (χ2n) is 4.43. The van der Waals surface area contributed by atoms with Crippen LogP contribution in [0.25, 0.3) is 0 Å². The van der Waals surface area contributed by atoms with Crippen LogP contribution in [0.15, 0.2) is 41.1 Å². The van der Waals surface area contributed by atoms with Gasteiger partial charge in [0.2, 0.25) is 0 Å². The van der Waals surface area contributed by atoms with E-state index in [1.54, 1.807) is 0 Å². The summed E-state index contributed by atoms with van der Waals surface area (Å²) in [6, 6.07) is 9.36. The van der Waals surface area contributed by atoms with Crippen LogP contribution in [0.3, 0.4) is 0 Å². The fraction of sp³-hybridized carbons (Fsp3) is 0.267. The summed E-state index contributed by atoms with van der Waals surface area (Å²) in [7, 11) is 0. The Labute approximate surface area is 122 Å². The molecule has 2 N–H and O–H groups in total. The Balaban J connectivity index is 1.75. The maximum Gasteiger partial charge on any atom is 0.258 e. The molecule has 1 aromatic carbocycles. The lowest BCUT2D eigenvalue weighted by molar-refractivity contribution is -0.123. The van der Waals surface area contributed by atoms with Gasteiger partial charge in [0.1, 0.15) is 5.75 Å². The predicted octanol–water partition coefficient (Wildman–Crippen LogP) is 2.29. The van der Waals surface area contributed by atoms with E-state index in [1.165, 1.54) is 11.3 Å². The number of carbonyl (C=O) groups is 1. The van der Waals surface area contributed by atoms with Crippen LogP contribution in [0.2, 0.25) is 0 Å². The minimum absolute atomic E-state index is 0.0544. The molecule has 1 amide bonds. The molecule has 0 spiro atoms. The maximum atomic E-state index is 11.7. The summed E-state index contributed by atoms with van der Waals surface area (Å²) in [5, 5.41) is 16.2. The maximum absolute atomic E-state index is 11.7. The normalized spacial score (nSPS) is 11.9. The third-order valence-corrected chi connectivity index (χ3v) is 3.57. The number of hydrogen-bond donors (Lipinski definition) is 2. The first-order chi connectivity index (χ1) is 9.66. The van der Waals surface area contributed by atoms with Crippen LogP contribution < -0.4 is 10.1 Å². The molecule has 0 aliphatic carbocycles. The number of benzene rings is 1. The molecule has 2 rings (SSSR count). The first-order valence-electron chi connectivity index (χ1n) is 6.32. The van der Waals surface area contributed by atoms with Crippen LogP contribution >= 0.6 is 11.3 Å². The molecule has 106 valence electrons. The first-order valence-corrected chi connectivity index (χ1v) is 7.26. The van der Waals surface area contributed by atoms with Crippen molar-refractivity contribution in [2.75, 3.05) is 13.2 Å². The monoisotopic (exact) mass is 291 g/mol. The number of aliphatic hydroxyl groups is 1. The van der Waals surface area contributed by atoms with Gasteiger partial charge in [-0.3, -0.25) is 4.79 Å². The minimum Gasteiger partial charge on any atom is -0.484 e. The highest BCUT2D eigenvalue weighted by molar-refractivity contribution is 7.07. The molecule has 20 heavy (non-hydrogen) atoms. The van der Waals surface area contributed by atoms with Crippen LogP contribution in [0.5, 0.6) is 5.75 Å². The van der Waals surface area contributed by atoms with Gasteiger partial charge in [-0.15, -0.1) is 0 Å². The number of ether oxygens (including phenoxy) is 1. The Kier molecular flexibility index (Phi) is 5.15. The number of nitrogens with one attached hydrogen (secondary N) is 1. The van der Waals surface area contributed by atoms with Crippen molar-refractivity contribution in [3.05, 3.63) is 52.2 Å². The average molecular weight is 291 g/mol. The van der Waals surface area contributed by atoms with E-state index in [0.29, 0.717) is 5.75 Å². The summed E-state index contributed by atoms with van der Waals surface area (Å²) >= 11 is 1.51. The third-order valence-electron chi connectivity index (χ3n) is 2.87. The van der Waals surface area contributed by atoms with E-state index in [4.69, 9.17) is 4.74 Å².